The Morgan fingerprint density at radius 2 is 0.725 bits per heavy atom. The molecule has 0 radical (unpaired) electrons. The fraction of sp³-hybridized carbons (Fsp3) is 0.974. The Morgan fingerprint density at radius 1 is 0.425 bits per heavy atom. The van der Waals surface area contributed by atoms with E-state index in [1.165, 1.54) is 180 Å². The van der Waals surface area contributed by atoms with E-state index in [4.69, 9.17) is 4.74 Å². The molecule has 0 spiro atoms. The second kappa shape index (κ2) is 33.0. The highest BCUT2D eigenvalue weighted by Crippen LogP contribution is 2.26. The molecule has 2 unspecified atom stereocenters. The molecule has 0 N–H and O–H groups in total. The molecule has 2 nitrogen and oxygen atoms in total. The Hall–Kier alpha value is -0.530. The smallest absolute Gasteiger partial charge is 0.309 e. The van der Waals surface area contributed by atoms with Crippen molar-refractivity contribution >= 4 is 5.97 Å². The molecule has 0 heterocycles. The Bertz CT molecular complexity index is 488. The average Bonchev–Trinajstić information content (AvgIpc) is 2.96. The first-order valence-electron chi connectivity index (χ1n) is 18.8. The lowest BCUT2D eigenvalue weighted by molar-refractivity contribution is -0.151. The van der Waals surface area contributed by atoms with Crippen molar-refractivity contribution < 1.29 is 9.53 Å². The summed E-state index contributed by atoms with van der Waals surface area (Å²) in [6.45, 7) is 9.79. The first-order valence-corrected chi connectivity index (χ1v) is 18.8. The Balaban J connectivity index is 4.02. The van der Waals surface area contributed by atoms with Crippen molar-refractivity contribution in [2.24, 2.45) is 11.8 Å². The Labute approximate surface area is 254 Å². The zero-order valence-electron chi connectivity index (χ0n) is 28.4. The summed E-state index contributed by atoms with van der Waals surface area (Å²) in [5, 5.41) is 0. The molecule has 0 aliphatic rings. The van der Waals surface area contributed by atoms with Gasteiger partial charge in [0.15, 0.2) is 0 Å². The number of carbonyl (C=O) groups is 1. The van der Waals surface area contributed by atoms with Crippen molar-refractivity contribution in [1.29, 1.82) is 0 Å². The molecule has 0 bridgehead atoms. The molecule has 40 heavy (non-hydrogen) atoms. The third kappa shape index (κ3) is 27.6. The molecular weight excluding hydrogens is 488 g/mol. The van der Waals surface area contributed by atoms with Crippen LogP contribution in [0.15, 0.2) is 0 Å². The van der Waals surface area contributed by atoms with Crippen molar-refractivity contribution in [2.75, 3.05) is 6.61 Å². The van der Waals surface area contributed by atoms with Crippen molar-refractivity contribution in [3.8, 4) is 0 Å². The molecule has 0 saturated heterocycles. The van der Waals surface area contributed by atoms with Crippen LogP contribution in [0.2, 0.25) is 0 Å². The summed E-state index contributed by atoms with van der Waals surface area (Å²) in [5.74, 6) is 0.676. The van der Waals surface area contributed by atoms with Crippen molar-refractivity contribution in [1.82, 2.24) is 0 Å². The number of hydrogen-bond donors (Lipinski definition) is 0. The minimum atomic E-state index is 0.105. The van der Waals surface area contributed by atoms with E-state index in [0.29, 0.717) is 12.5 Å². The lowest BCUT2D eigenvalue weighted by Gasteiger charge is -2.23. The highest BCUT2D eigenvalue weighted by Gasteiger charge is 2.25. The topological polar surface area (TPSA) is 26.3 Å². The van der Waals surface area contributed by atoms with Crippen LogP contribution in [0.4, 0.5) is 0 Å². The molecule has 0 fully saturated rings. The van der Waals surface area contributed by atoms with E-state index in [-0.39, 0.29) is 11.9 Å². The minimum Gasteiger partial charge on any atom is -0.465 e. The average molecular weight is 565 g/mol. The van der Waals surface area contributed by atoms with E-state index in [1.807, 2.05) is 0 Å². The van der Waals surface area contributed by atoms with E-state index in [0.717, 1.165) is 12.8 Å². The number of rotatable bonds is 33. The summed E-state index contributed by atoms with van der Waals surface area (Å²) < 4.78 is 5.86. The van der Waals surface area contributed by atoms with Gasteiger partial charge in [-0.25, -0.2) is 0 Å². The van der Waals surface area contributed by atoms with Crippen LogP contribution in [-0.4, -0.2) is 12.6 Å². The fourth-order valence-electron chi connectivity index (χ4n) is 6.16. The lowest BCUT2D eigenvalue weighted by Crippen LogP contribution is -2.25. The van der Waals surface area contributed by atoms with Crippen molar-refractivity contribution in [2.45, 2.75) is 220 Å². The van der Waals surface area contributed by atoms with E-state index in [2.05, 4.69) is 27.7 Å². The molecule has 0 saturated carbocycles. The van der Waals surface area contributed by atoms with Crippen LogP contribution in [0.5, 0.6) is 0 Å². The van der Waals surface area contributed by atoms with E-state index in [9.17, 15) is 4.79 Å². The van der Waals surface area contributed by atoms with Gasteiger partial charge in [-0.15, -0.1) is 0 Å². The molecule has 2 atom stereocenters. The monoisotopic (exact) mass is 565 g/mol. The predicted molar refractivity (Wildman–Crippen MR) is 179 cm³/mol. The summed E-state index contributed by atoms with van der Waals surface area (Å²) in [6, 6.07) is 0. The van der Waals surface area contributed by atoms with Gasteiger partial charge in [0.2, 0.25) is 0 Å². The van der Waals surface area contributed by atoms with Gasteiger partial charge in [0.25, 0.3) is 0 Å². The largest absolute Gasteiger partial charge is 0.465 e. The normalized spacial score (nSPS) is 13.0. The first-order chi connectivity index (χ1) is 19.7. The molecule has 0 amide bonds. The third-order valence-corrected chi connectivity index (χ3v) is 9.11. The van der Waals surface area contributed by atoms with Gasteiger partial charge >= 0.3 is 5.97 Å². The van der Waals surface area contributed by atoms with Crippen LogP contribution in [0.25, 0.3) is 0 Å². The van der Waals surface area contributed by atoms with Crippen LogP contribution in [0.1, 0.15) is 220 Å². The summed E-state index contributed by atoms with van der Waals surface area (Å²) in [4.78, 5) is 13.1. The molecule has 240 valence electrons. The predicted octanol–water partition coefficient (Wildman–Crippen LogP) is 13.5. The second-order valence-corrected chi connectivity index (χ2v) is 13.2. The van der Waals surface area contributed by atoms with E-state index >= 15 is 0 Å². The summed E-state index contributed by atoms with van der Waals surface area (Å²) >= 11 is 0. The highest BCUT2D eigenvalue weighted by molar-refractivity contribution is 5.72. The Morgan fingerprint density at radius 3 is 1.12 bits per heavy atom. The molecule has 0 aliphatic heterocycles. The van der Waals surface area contributed by atoms with Gasteiger partial charge in [-0.05, 0) is 25.2 Å². The quantitative estimate of drug-likeness (QED) is 0.0585. The summed E-state index contributed by atoms with van der Waals surface area (Å²) in [6.07, 6.45) is 39.9. The van der Waals surface area contributed by atoms with Gasteiger partial charge in [0.05, 0.1) is 12.5 Å². The SMILES string of the molecule is CCCCCCCCCCCCCCCCC(C(=O)OCCCCCCCCCCCC)C(C)CCCCCC. The van der Waals surface area contributed by atoms with Gasteiger partial charge in [0.1, 0.15) is 0 Å². The number of carbonyl (C=O) groups excluding carboxylic acids is 1. The number of ether oxygens (including phenoxy) is 1. The van der Waals surface area contributed by atoms with Gasteiger partial charge in [-0.2, -0.15) is 0 Å². The fourth-order valence-corrected chi connectivity index (χ4v) is 6.16. The van der Waals surface area contributed by atoms with Gasteiger partial charge in [-0.1, -0.05) is 201 Å². The maximum Gasteiger partial charge on any atom is 0.309 e. The molecule has 0 aliphatic carbocycles. The van der Waals surface area contributed by atoms with Crippen molar-refractivity contribution in [3.05, 3.63) is 0 Å². The number of unbranched alkanes of at least 4 members (excludes halogenated alkanes) is 25. The molecule has 0 aromatic rings. The standard InChI is InChI=1S/C38H76O2/c1-5-8-11-14-16-18-20-21-22-23-24-26-28-31-34-37(36(4)33-30-13-10-7-3)38(39)40-35-32-29-27-25-19-17-15-12-9-6-2/h36-37H,5-35H2,1-4H3. The highest BCUT2D eigenvalue weighted by atomic mass is 16.5. The van der Waals surface area contributed by atoms with Crippen LogP contribution >= 0.6 is 0 Å². The lowest BCUT2D eigenvalue weighted by atomic mass is 9.85. The molecule has 0 aromatic carbocycles. The molecule has 2 heteroatoms. The zero-order chi connectivity index (χ0) is 29.4. The van der Waals surface area contributed by atoms with Gasteiger partial charge in [-0.3, -0.25) is 4.79 Å². The van der Waals surface area contributed by atoms with E-state index < -0.39 is 0 Å². The molecule has 0 rings (SSSR count). The second-order valence-electron chi connectivity index (χ2n) is 13.2. The summed E-state index contributed by atoms with van der Waals surface area (Å²) in [5.41, 5.74) is 0. The van der Waals surface area contributed by atoms with Crippen LogP contribution in [-0.2, 0) is 9.53 Å². The number of hydrogen-bond acceptors (Lipinski definition) is 2. The van der Waals surface area contributed by atoms with Crippen LogP contribution in [0.3, 0.4) is 0 Å². The number of esters is 1. The third-order valence-electron chi connectivity index (χ3n) is 9.11. The zero-order valence-corrected chi connectivity index (χ0v) is 28.4. The minimum absolute atomic E-state index is 0.105. The van der Waals surface area contributed by atoms with Crippen LogP contribution < -0.4 is 0 Å². The van der Waals surface area contributed by atoms with Crippen LogP contribution in [0, 0.1) is 11.8 Å². The van der Waals surface area contributed by atoms with Crippen molar-refractivity contribution in [3.63, 3.8) is 0 Å². The summed E-state index contributed by atoms with van der Waals surface area (Å²) in [7, 11) is 0. The first kappa shape index (κ1) is 39.5. The van der Waals surface area contributed by atoms with E-state index in [1.54, 1.807) is 0 Å². The van der Waals surface area contributed by atoms with Gasteiger partial charge < -0.3 is 4.74 Å². The Kier molecular flexibility index (Phi) is 32.5. The van der Waals surface area contributed by atoms with Gasteiger partial charge in [0, 0.05) is 0 Å². The molecule has 0 aromatic heterocycles. The molecular formula is C38H76O2. The maximum absolute atomic E-state index is 13.1. The maximum atomic E-state index is 13.1.